The van der Waals surface area contributed by atoms with Crippen LogP contribution in [0.1, 0.15) is 80.5 Å². The van der Waals surface area contributed by atoms with Crippen molar-refractivity contribution in [1.82, 2.24) is 4.90 Å². The molecular formula is C18H39N2NaO2S2. The van der Waals surface area contributed by atoms with E-state index in [1.807, 2.05) is 4.90 Å². The smallest absolute Gasteiger partial charge is 1.00 e. The van der Waals surface area contributed by atoms with E-state index in [0.717, 1.165) is 25.9 Å². The molecule has 146 valence electrons. The van der Waals surface area contributed by atoms with Gasteiger partial charge >= 0.3 is 29.6 Å². The van der Waals surface area contributed by atoms with Crippen LogP contribution in [0.25, 0.3) is 0 Å². The molecule has 0 saturated carbocycles. The van der Waals surface area contributed by atoms with Crippen molar-refractivity contribution in [3.05, 3.63) is 0 Å². The summed E-state index contributed by atoms with van der Waals surface area (Å²) in [5.74, 6) is 1.27. The van der Waals surface area contributed by atoms with Crippen LogP contribution in [-0.2, 0) is 0 Å². The van der Waals surface area contributed by atoms with Crippen LogP contribution in [0.5, 0.6) is 0 Å². The topological polar surface area (TPSA) is 63.4 Å². The minimum Gasteiger partial charge on any atom is -1.00 e. The van der Waals surface area contributed by atoms with E-state index in [4.69, 9.17) is 4.79 Å². The number of hydrogen-bond acceptors (Lipinski definition) is 2. The number of nitrogens with two attached hydrogens (primary N) is 1. The maximum atomic E-state index is 11.8. The zero-order chi connectivity index (χ0) is 19.0. The molecule has 2 N–H and O–H groups in total. The van der Waals surface area contributed by atoms with Gasteiger partial charge in [0, 0.05) is 13.1 Å². The molecular weight excluding hydrogens is 363 g/mol. The quantitative estimate of drug-likeness (QED) is 0.347. The maximum absolute atomic E-state index is 11.8. The molecule has 0 rings (SSSR count). The minimum absolute atomic E-state index is 0. The second-order valence-corrected chi connectivity index (χ2v) is 7.18. The second-order valence-electron chi connectivity index (χ2n) is 6.36. The average molecular weight is 403 g/mol. The number of carbonyl (C=O) groups excluding carboxylic acids is 2. The van der Waals surface area contributed by atoms with Gasteiger partial charge in [0.2, 0.25) is 0 Å². The van der Waals surface area contributed by atoms with E-state index in [-0.39, 0.29) is 36.2 Å². The average Bonchev–Trinajstić information content (AvgIpc) is 2.52. The SMILES string of the molecule is CCCCC(CC)CN(CC(CC)CCCC)C(=O)S.NC(=O)S.[H-].[Na+]. The molecule has 0 spiro atoms. The fourth-order valence-electron chi connectivity index (χ4n) is 2.69. The van der Waals surface area contributed by atoms with Gasteiger partial charge in [0.25, 0.3) is 10.5 Å². The molecule has 0 aliphatic heterocycles. The Morgan fingerprint density at radius 1 is 0.920 bits per heavy atom. The van der Waals surface area contributed by atoms with Crippen LogP contribution >= 0.6 is 25.3 Å². The summed E-state index contributed by atoms with van der Waals surface area (Å²) < 4.78 is 0. The van der Waals surface area contributed by atoms with Crippen molar-refractivity contribution < 1.29 is 40.6 Å². The second kappa shape index (κ2) is 20.9. The molecule has 0 fully saturated rings. The van der Waals surface area contributed by atoms with E-state index in [9.17, 15) is 4.79 Å². The van der Waals surface area contributed by atoms with Gasteiger partial charge in [-0.2, -0.15) is 0 Å². The van der Waals surface area contributed by atoms with Crippen LogP contribution in [0.4, 0.5) is 9.59 Å². The molecule has 0 heterocycles. The summed E-state index contributed by atoms with van der Waals surface area (Å²) in [6, 6.07) is 0. The van der Waals surface area contributed by atoms with Crippen molar-refractivity contribution in [2.75, 3.05) is 13.1 Å². The number of hydrogen-bond donors (Lipinski definition) is 3. The Balaban J connectivity index is -0.000000363. The Labute approximate surface area is 190 Å². The molecule has 0 aliphatic carbocycles. The number of thiol groups is 2. The first-order valence-corrected chi connectivity index (χ1v) is 10.2. The van der Waals surface area contributed by atoms with Gasteiger partial charge < -0.3 is 12.1 Å². The van der Waals surface area contributed by atoms with E-state index in [0.29, 0.717) is 11.8 Å². The van der Waals surface area contributed by atoms with Crippen molar-refractivity contribution in [2.24, 2.45) is 17.6 Å². The van der Waals surface area contributed by atoms with E-state index < -0.39 is 5.24 Å². The maximum Gasteiger partial charge on any atom is 1.00 e. The van der Waals surface area contributed by atoms with Crippen LogP contribution in [0.2, 0.25) is 0 Å². The van der Waals surface area contributed by atoms with Gasteiger partial charge in [-0.15, -0.1) is 0 Å². The minimum atomic E-state index is -0.639. The number of nitrogens with zero attached hydrogens (tertiary/aromatic N) is 1. The first-order chi connectivity index (χ1) is 11.3. The van der Waals surface area contributed by atoms with E-state index in [1.165, 1.54) is 38.5 Å². The van der Waals surface area contributed by atoms with Crippen molar-refractivity contribution in [2.45, 2.75) is 79.1 Å². The first kappa shape index (κ1) is 30.4. The normalized spacial score (nSPS) is 12.2. The van der Waals surface area contributed by atoms with Gasteiger partial charge in [-0.05, 0) is 24.7 Å². The van der Waals surface area contributed by atoms with E-state index in [2.05, 4.69) is 58.7 Å². The van der Waals surface area contributed by atoms with Gasteiger partial charge in [-0.3, -0.25) is 9.59 Å². The van der Waals surface area contributed by atoms with Crippen LogP contribution in [0.15, 0.2) is 0 Å². The van der Waals surface area contributed by atoms with Crippen molar-refractivity contribution in [3.63, 3.8) is 0 Å². The van der Waals surface area contributed by atoms with Gasteiger partial charge in [0.15, 0.2) is 0 Å². The van der Waals surface area contributed by atoms with Crippen molar-refractivity contribution in [3.8, 4) is 0 Å². The molecule has 0 saturated heterocycles. The third-order valence-corrected chi connectivity index (χ3v) is 4.60. The summed E-state index contributed by atoms with van der Waals surface area (Å²) in [5, 5.41) is -0.685. The Kier molecular flexibility index (Phi) is 25.4. The molecule has 0 aromatic rings. The molecule has 2 atom stereocenters. The zero-order valence-corrected chi connectivity index (χ0v) is 20.8. The molecule has 2 unspecified atom stereocenters. The Bertz CT molecular complexity index is 318. The largest absolute Gasteiger partial charge is 1.00 e. The first-order valence-electron chi connectivity index (χ1n) is 9.28. The Hall–Kier alpha value is 0.640. The number of carbonyl (C=O) groups is 2. The molecule has 0 aromatic carbocycles. The fourth-order valence-corrected chi connectivity index (χ4v) is 2.85. The van der Waals surface area contributed by atoms with Crippen molar-refractivity contribution in [1.29, 1.82) is 0 Å². The molecule has 4 nitrogen and oxygen atoms in total. The van der Waals surface area contributed by atoms with Crippen molar-refractivity contribution >= 4 is 35.7 Å². The summed E-state index contributed by atoms with van der Waals surface area (Å²) >= 11 is 7.19. The molecule has 0 radical (unpaired) electrons. The van der Waals surface area contributed by atoms with Crippen LogP contribution in [0, 0.1) is 11.8 Å². The van der Waals surface area contributed by atoms with Gasteiger partial charge in [0.05, 0.1) is 0 Å². The van der Waals surface area contributed by atoms with Crippen LogP contribution in [-0.4, -0.2) is 28.5 Å². The zero-order valence-electron chi connectivity index (χ0n) is 18.0. The van der Waals surface area contributed by atoms with Gasteiger partial charge in [0.1, 0.15) is 0 Å². The number of amides is 2. The molecule has 0 aromatic heterocycles. The standard InChI is InChI=1S/C17H35NOS.CH3NOS.Na.H/c1-5-9-11-15(7-3)13-18(17(19)20)14-16(8-4)12-10-6-2;2-1(3)4;;/h15-16H,5-14H2,1-4H3,(H,19,20);(H3,2,3,4);;/q;;+1;-1. The number of unbranched alkanes of at least 4 members (excludes halogenated alkanes) is 2. The van der Waals surface area contributed by atoms with Gasteiger partial charge in [-0.1, -0.05) is 91.5 Å². The molecule has 25 heavy (non-hydrogen) atoms. The van der Waals surface area contributed by atoms with Gasteiger partial charge in [-0.25, -0.2) is 0 Å². The predicted octanol–water partition coefficient (Wildman–Crippen LogP) is 2.88. The molecule has 0 bridgehead atoms. The fraction of sp³-hybridized carbons (Fsp3) is 0.889. The summed E-state index contributed by atoms with van der Waals surface area (Å²) in [7, 11) is 0. The Morgan fingerprint density at radius 3 is 1.44 bits per heavy atom. The number of rotatable bonds is 12. The van der Waals surface area contributed by atoms with Crippen LogP contribution < -0.4 is 35.3 Å². The molecule has 0 aliphatic rings. The molecule has 2 amide bonds. The monoisotopic (exact) mass is 402 g/mol. The predicted molar refractivity (Wildman–Crippen MR) is 112 cm³/mol. The van der Waals surface area contributed by atoms with E-state index in [1.54, 1.807) is 0 Å². The number of primary amides is 1. The Morgan fingerprint density at radius 2 is 1.24 bits per heavy atom. The third-order valence-electron chi connectivity index (χ3n) is 4.31. The van der Waals surface area contributed by atoms with E-state index >= 15 is 0 Å². The van der Waals surface area contributed by atoms with Crippen LogP contribution in [0.3, 0.4) is 0 Å². The summed E-state index contributed by atoms with van der Waals surface area (Å²) in [4.78, 5) is 22.9. The summed E-state index contributed by atoms with van der Waals surface area (Å²) in [6.07, 6.45) is 9.78. The summed E-state index contributed by atoms with van der Waals surface area (Å²) in [6.45, 7) is 10.7. The third kappa shape index (κ3) is 20.8. The molecule has 7 heteroatoms. The summed E-state index contributed by atoms with van der Waals surface area (Å²) in [5.41, 5.74) is 4.34.